The second kappa shape index (κ2) is 7.50. The molecule has 1 rings (SSSR count). The minimum Gasteiger partial charge on any atom is -0.367 e. The van der Waals surface area contributed by atoms with Crippen LogP contribution in [0.25, 0.3) is 0 Å². The molecule has 0 aromatic carbocycles. The third-order valence-corrected chi connectivity index (χ3v) is 3.75. The van der Waals surface area contributed by atoms with Gasteiger partial charge in [0.15, 0.2) is 0 Å². The van der Waals surface area contributed by atoms with Gasteiger partial charge in [0.05, 0.1) is 17.8 Å². The van der Waals surface area contributed by atoms with E-state index in [9.17, 15) is 0 Å². The van der Waals surface area contributed by atoms with Crippen LogP contribution in [0.2, 0.25) is 0 Å². The van der Waals surface area contributed by atoms with Crippen molar-refractivity contribution in [2.24, 2.45) is 0 Å². The molecule has 0 bridgehead atoms. The average Bonchev–Trinajstić information content (AvgIpc) is 2.95. The molecule has 1 saturated heterocycles. The lowest BCUT2D eigenvalue weighted by molar-refractivity contribution is 0.320. The first-order valence-corrected chi connectivity index (χ1v) is 7.31. The van der Waals surface area contributed by atoms with Crippen LogP contribution in [-0.2, 0) is 4.74 Å². The highest BCUT2D eigenvalue weighted by molar-refractivity contribution is 5.05. The zero-order chi connectivity index (χ0) is 14.3. The number of unbranched alkanes of at least 4 members (excludes halogenated alkanes) is 1. The molecular formula is C17H27NO. The number of epoxide rings is 1. The van der Waals surface area contributed by atoms with E-state index < -0.39 is 0 Å². The standard InChI is InChI=1S/C17H27NO/c1-14(8-5-6-13-18)9-7-10-15(2)11-12-16-17(3,4)19-16/h8,10,16H,5-7,9,11-12H2,1-4H3/b14-8+,15-10+/t16-/m0/s1. The van der Waals surface area contributed by atoms with Gasteiger partial charge < -0.3 is 4.74 Å². The van der Waals surface area contributed by atoms with E-state index in [-0.39, 0.29) is 5.60 Å². The lowest BCUT2D eigenvalue weighted by atomic mass is 10.0. The number of rotatable bonds is 8. The maximum atomic E-state index is 8.47. The quantitative estimate of drug-likeness (QED) is 0.353. The van der Waals surface area contributed by atoms with Crippen LogP contribution in [0.5, 0.6) is 0 Å². The highest BCUT2D eigenvalue weighted by atomic mass is 16.6. The fourth-order valence-electron chi connectivity index (χ4n) is 2.23. The van der Waals surface area contributed by atoms with Crippen molar-refractivity contribution >= 4 is 0 Å². The highest BCUT2D eigenvalue weighted by Gasteiger charge is 2.46. The van der Waals surface area contributed by atoms with Crippen LogP contribution in [0, 0.1) is 11.3 Å². The molecule has 0 radical (unpaired) electrons. The Hall–Kier alpha value is -1.07. The van der Waals surface area contributed by atoms with Crippen molar-refractivity contribution in [3.05, 3.63) is 23.3 Å². The molecule has 1 heterocycles. The Balaban J connectivity index is 2.14. The second-order valence-corrected chi connectivity index (χ2v) is 6.09. The maximum absolute atomic E-state index is 8.47. The SMILES string of the molecule is C/C(=C\CCC#N)CC/C=C(\C)CC[C@@H]1OC1(C)C. The van der Waals surface area contributed by atoms with E-state index >= 15 is 0 Å². The fraction of sp³-hybridized carbons (Fsp3) is 0.706. The molecule has 1 fully saturated rings. The number of ether oxygens (including phenoxy) is 1. The van der Waals surface area contributed by atoms with Crippen LogP contribution in [-0.4, -0.2) is 11.7 Å². The molecule has 1 aliphatic heterocycles. The van der Waals surface area contributed by atoms with Gasteiger partial charge in [-0.05, 0) is 59.8 Å². The summed E-state index contributed by atoms with van der Waals surface area (Å²) in [6, 6.07) is 2.17. The average molecular weight is 261 g/mol. The van der Waals surface area contributed by atoms with E-state index in [4.69, 9.17) is 10.00 Å². The summed E-state index contributed by atoms with van der Waals surface area (Å²) in [5.41, 5.74) is 2.99. The Bertz CT molecular complexity index is 385. The van der Waals surface area contributed by atoms with Gasteiger partial charge in [-0.15, -0.1) is 0 Å². The first kappa shape index (κ1) is 16.0. The predicted molar refractivity (Wildman–Crippen MR) is 79.8 cm³/mol. The molecule has 0 saturated carbocycles. The van der Waals surface area contributed by atoms with Crippen molar-refractivity contribution in [2.45, 2.75) is 77.9 Å². The summed E-state index contributed by atoms with van der Waals surface area (Å²) in [6.07, 6.45) is 11.0. The summed E-state index contributed by atoms with van der Waals surface area (Å²) < 4.78 is 5.59. The number of hydrogen-bond acceptors (Lipinski definition) is 2. The molecule has 0 aromatic heterocycles. The molecule has 0 spiro atoms. The first-order chi connectivity index (χ1) is 8.95. The fourth-order valence-corrected chi connectivity index (χ4v) is 2.23. The Kier molecular flexibility index (Phi) is 6.31. The molecule has 0 aromatic rings. The maximum Gasteiger partial charge on any atom is 0.0892 e. The zero-order valence-electron chi connectivity index (χ0n) is 12.8. The summed E-state index contributed by atoms with van der Waals surface area (Å²) in [6.45, 7) is 8.68. The van der Waals surface area contributed by atoms with Gasteiger partial charge in [0.2, 0.25) is 0 Å². The molecule has 1 atom stereocenters. The van der Waals surface area contributed by atoms with Gasteiger partial charge >= 0.3 is 0 Å². The summed E-state index contributed by atoms with van der Waals surface area (Å²) in [5.74, 6) is 0. The van der Waals surface area contributed by atoms with Gasteiger partial charge in [0.1, 0.15) is 0 Å². The van der Waals surface area contributed by atoms with Gasteiger partial charge in [0.25, 0.3) is 0 Å². The van der Waals surface area contributed by atoms with Gasteiger partial charge in [-0.25, -0.2) is 0 Å². The van der Waals surface area contributed by atoms with Crippen LogP contribution in [0.3, 0.4) is 0 Å². The number of nitriles is 1. The molecule has 0 unspecified atom stereocenters. The molecule has 0 amide bonds. The molecule has 19 heavy (non-hydrogen) atoms. The van der Waals surface area contributed by atoms with Crippen LogP contribution in [0.4, 0.5) is 0 Å². The summed E-state index contributed by atoms with van der Waals surface area (Å²) >= 11 is 0. The van der Waals surface area contributed by atoms with Crippen LogP contribution in [0.1, 0.15) is 66.2 Å². The molecule has 2 nitrogen and oxygen atoms in total. The number of hydrogen-bond donors (Lipinski definition) is 0. The highest BCUT2D eigenvalue weighted by Crippen LogP contribution is 2.38. The van der Waals surface area contributed by atoms with Crippen molar-refractivity contribution < 1.29 is 4.74 Å². The number of nitrogens with zero attached hydrogens (tertiary/aromatic N) is 1. The molecule has 0 N–H and O–H groups in total. The Labute approximate surface area is 118 Å². The lowest BCUT2D eigenvalue weighted by Crippen LogP contribution is -2.02. The molecule has 0 aliphatic carbocycles. The van der Waals surface area contributed by atoms with Crippen LogP contribution >= 0.6 is 0 Å². The van der Waals surface area contributed by atoms with Crippen molar-refractivity contribution in [3.8, 4) is 6.07 Å². The Morgan fingerprint density at radius 1 is 1.16 bits per heavy atom. The zero-order valence-corrected chi connectivity index (χ0v) is 12.8. The predicted octanol–water partition coefficient (Wildman–Crippen LogP) is 4.92. The van der Waals surface area contributed by atoms with E-state index in [1.54, 1.807) is 0 Å². The van der Waals surface area contributed by atoms with Crippen molar-refractivity contribution in [3.63, 3.8) is 0 Å². The van der Waals surface area contributed by atoms with E-state index in [0.29, 0.717) is 12.5 Å². The van der Waals surface area contributed by atoms with Crippen LogP contribution < -0.4 is 0 Å². The first-order valence-electron chi connectivity index (χ1n) is 7.31. The molecular weight excluding hydrogens is 234 g/mol. The summed E-state index contributed by atoms with van der Waals surface area (Å²) in [5, 5.41) is 8.47. The monoisotopic (exact) mass is 261 g/mol. The van der Waals surface area contributed by atoms with E-state index in [1.807, 2.05) is 0 Å². The van der Waals surface area contributed by atoms with Gasteiger partial charge in [0, 0.05) is 6.42 Å². The van der Waals surface area contributed by atoms with Gasteiger partial charge in [-0.1, -0.05) is 23.3 Å². The third-order valence-electron chi connectivity index (χ3n) is 3.75. The Morgan fingerprint density at radius 3 is 2.32 bits per heavy atom. The smallest absolute Gasteiger partial charge is 0.0892 e. The topological polar surface area (TPSA) is 36.3 Å². The minimum atomic E-state index is 0.125. The van der Waals surface area contributed by atoms with Crippen molar-refractivity contribution in [2.75, 3.05) is 0 Å². The normalized spacial score (nSPS) is 22.2. The van der Waals surface area contributed by atoms with E-state index in [2.05, 4.69) is 45.9 Å². The largest absolute Gasteiger partial charge is 0.367 e. The van der Waals surface area contributed by atoms with E-state index in [0.717, 1.165) is 32.1 Å². The summed E-state index contributed by atoms with van der Waals surface area (Å²) in [4.78, 5) is 0. The van der Waals surface area contributed by atoms with Crippen LogP contribution in [0.15, 0.2) is 23.3 Å². The van der Waals surface area contributed by atoms with Gasteiger partial charge in [-0.2, -0.15) is 5.26 Å². The summed E-state index contributed by atoms with van der Waals surface area (Å²) in [7, 11) is 0. The van der Waals surface area contributed by atoms with Gasteiger partial charge in [-0.3, -0.25) is 0 Å². The second-order valence-electron chi connectivity index (χ2n) is 6.09. The van der Waals surface area contributed by atoms with Crippen molar-refractivity contribution in [1.29, 1.82) is 5.26 Å². The molecule has 106 valence electrons. The van der Waals surface area contributed by atoms with Crippen molar-refractivity contribution in [1.82, 2.24) is 0 Å². The molecule has 1 aliphatic rings. The minimum absolute atomic E-state index is 0.125. The molecule has 2 heteroatoms. The Morgan fingerprint density at radius 2 is 1.74 bits per heavy atom. The van der Waals surface area contributed by atoms with E-state index in [1.165, 1.54) is 11.1 Å². The third kappa shape index (κ3) is 6.59. The lowest BCUT2D eigenvalue weighted by Gasteiger charge is -2.02. The number of allylic oxidation sites excluding steroid dienone is 4.